The monoisotopic (exact) mass is 819 g/mol. The Morgan fingerprint density at radius 2 is 0.554 bits per heavy atom. The van der Waals surface area contributed by atoms with Gasteiger partial charge in [-0.2, -0.15) is 0 Å². The molecule has 18 heteroatoms. The summed E-state index contributed by atoms with van der Waals surface area (Å²) in [4.78, 5) is 1.82. The Balaban J connectivity index is 0.000000544. The topological polar surface area (TPSA) is 4.44 Å². The molecule has 1 aliphatic carbocycles. The molecule has 0 spiro atoms. The smallest absolute Gasteiger partial charge is 0.161 e. The normalized spacial score (nSPS) is 13.8. The molecule has 5 rings (SSSR count). The highest BCUT2D eigenvalue weighted by molar-refractivity contribution is 7.20. The second-order valence-electron chi connectivity index (χ2n) is 13.7. The van der Waals surface area contributed by atoms with Gasteiger partial charge in [0.25, 0.3) is 0 Å². The van der Waals surface area contributed by atoms with Gasteiger partial charge in [-0.15, -0.1) is 21.9 Å². The summed E-state index contributed by atoms with van der Waals surface area (Å²) in [7, 11) is 0. The number of hydrogen-bond donors (Lipinski definition) is 1. The van der Waals surface area contributed by atoms with E-state index >= 15 is 70.2 Å². The summed E-state index contributed by atoms with van der Waals surface area (Å²) in [6, 6.07) is 0.999. The third-order valence-electron chi connectivity index (χ3n) is 10.9. The lowest BCUT2D eigenvalue weighted by Crippen LogP contribution is -3.15. The molecular weight excluding hydrogens is 785 g/mol. The molecule has 0 aliphatic heterocycles. The Hall–Kier alpha value is -4.22. The average molecular weight is 819 g/mol. The molecule has 1 nitrogen and oxygen atoms in total. The lowest BCUT2D eigenvalue weighted by molar-refractivity contribution is -0.923. The highest BCUT2D eigenvalue weighted by Gasteiger charge is 2.51. The van der Waals surface area contributed by atoms with Gasteiger partial charge in [-0.25, -0.2) is 70.2 Å². The lowest BCUT2D eigenvalue weighted by atomic mass is 9.12. The van der Waals surface area contributed by atoms with Crippen molar-refractivity contribution in [3.63, 3.8) is 0 Å². The van der Waals surface area contributed by atoms with Crippen LogP contribution in [0, 0.1) is 121 Å². The molecule has 4 aromatic carbocycles. The van der Waals surface area contributed by atoms with Crippen LogP contribution in [0.2, 0.25) is 0 Å². The fraction of sp³-hybridized carbons (Fsp3) is 0.368. The molecule has 0 radical (unpaired) electrons. The van der Waals surface area contributed by atoms with Gasteiger partial charge < -0.3 is 4.90 Å². The highest BCUT2D eigenvalue weighted by atomic mass is 19.2. The summed E-state index contributed by atoms with van der Waals surface area (Å²) < 4.78 is 247. The molecule has 0 amide bonds. The largest absolute Gasteiger partial charge is 0.333 e. The van der Waals surface area contributed by atoms with E-state index in [4.69, 9.17) is 0 Å². The van der Waals surface area contributed by atoms with Crippen LogP contribution in [0.5, 0.6) is 0 Å². The summed E-state index contributed by atoms with van der Waals surface area (Å²) in [5, 5.41) is 0. The minimum Gasteiger partial charge on any atom is -0.333 e. The van der Waals surface area contributed by atoms with Crippen molar-refractivity contribution in [2.45, 2.75) is 79.7 Å². The molecule has 1 saturated carbocycles. The summed E-state index contributed by atoms with van der Waals surface area (Å²) >= 11 is 0. The van der Waals surface area contributed by atoms with Crippen molar-refractivity contribution in [1.29, 1.82) is 0 Å². The maximum atomic E-state index is 15.8. The Morgan fingerprint density at radius 1 is 0.357 bits per heavy atom. The first-order chi connectivity index (χ1) is 26.1. The predicted octanol–water partition coefficient (Wildman–Crippen LogP) is 7.77. The quantitative estimate of drug-likeness (QED) is 0.111. The summed E-state index contributed by atoms with van der Waals surface area (Å²) in [5.41, 5.74) is -18.5. The fourth-order valence-electron chi connectivity index (χ4n) is 7.76. The number of halogens is 16. The van der Waals surface area contributed by atoms with Crippen LogP contribution in [0.3, 0.4) is 0 Å². The first kappa shape index (κ1) is 44.5. The third-order valence-corrected chi connectivity index (χ3v) is 10.9. The Labute approximate surface area is 311 Å². The SMILES string of the molecule is CC[NH+](CC)C1CCCCC1.Cc1c(F)c(F)c([B-](c2c(F)c(F)c(C)c(F)c2F)(c2c(F)c(F)c(C)c(F)c2F)c2c(F)c(F)c(C)c(F)c2F)c(F)c1F. The molecule has 0 heterocycles. The van der Waals surface area contributed by atoms with Crippen molar-refractivity contribution in [3.05, 3.63) is 115 Å². The summed E-state index contributed by atoms with van der Waals surface area (Å²) in [6.07, 6.45) is 0.860. The van der Waals surface area contributed by atoms with E-state index in [9.17, 15) is 0 Å². The van der Waals surface area contributed by atoms with Crippen LogP contribution in [0.4, 0.5) is 70.2 Å². The van der Waals surface area contributed by atoms with E-state index in [2.05, 4.69) is 13.8 Å². The maximum absolute atomic E-state index is 15.8. The van der Waals surface area contributed by atoms with E-state index < -0.39 is 143 Å². The zero-order chi connectivity index (χ0) is 42.5. The zero-order valence-corrected chi connectivity index (χ0v) is 30.7. The van der Waals surface area contributed by atoms with E-state index in [0.29, 0.717) is 27.7 Å². The predicted molar refractivity (Wildman–Crippen MR) is 177 cm³/mol. The number of rotatable bonds is 7. The molecule has 0 atom stereocenters. The molecule has 0 unspecified atom stereocenters. The van der Waals surface area contributed by atoms with E-state index in [0.717, 1.165) is 6.04 Å². The van der Waals surface area contributed by atoms with Crippen LogP contribution in [0.15, 0.2) is 0 Å². The molecule has 306 valence electrons. The number of nitrogens with one attached hydrogen (secondary N) is 1. The van der Waals surface area contributed by atoms with Crippen LogP contribution in [-0.4, -0.2) is 25.3 Å². The van der Waals surface area contributed by atoms with E-state index in [1.54, 1.807) is 0 Å². The van der Waals surface area contributed by atoms with Gasteiger partial charge in [0, 0.05) is 22.3 Å². The van der Waals surface area contributed by atoms with Crippen LogP contribution < -0.4 is 26.8 Å². The summed E-state index contributed by atoms with van der Waals surface area (Å²) in [6.45, 7) is 8.44. The second-order valence-corrected chi connectivity index (χ2v) is 13.7. The molecular formula is C38H34BF16N. The van der Waals surface area contributed by atoms with Gasteiger partial charge in [-0.3, -0.25) is 0 Å². The van der Waals surface area contributed by atoms with Crippen molar-refractivity contribution < 1.29 is 75.1 Å². The van der Waals surface area contributed by atoms with Gasteiger partial charge in [0.1, 0.15) is 52.7 Å². The van der Waals surface area contributed by atoms with Crippen LogP contribution in [0.25, 0.3) is 0 Å². The van der Waals surface area contributed by atoms with Crippen molar-refractivity contribution in [2.75, 3.05) is 13.1 Å². The minimum atomic E-state index is -6.55. The average Bonchev–Trinajstić information content (AvgIpc) is 3.18. The molecule has 0 aromatic heterocycles. The number of quaternary nitrogens is 1. The van der Waals surface area contributed by atoms with Gasteiger partial charge in [0.05, 0.1) is 19.1 Å². The van der Waals surface area contributed by atoms with Crippen molar-refractivity contribution in [3.8, 4) is 0 Å². The highest BCUT2D eigenvalue weighted by Crippen LogP contribution is 2.31. The van der Waals surface area contributed by atoms with E-state index in [-0.39, 0.29) is 0 Å². The van der Waals surface area contributed by atoms with Gasteiger partial charge in [-0.1, -0.05) is 6.42 Å². The molecule has 1 aliphatic rings. The molecule has 0 saturated heterocycles. The first-order valence-corrected chi connectivity index (χ1v) is 17.4. The van der Waals surface area contributed by atoms with E-state index in [1.165, 1.54) is 45.2 Å². The van der Waals surface area contributed by atoms with Gasteiger partial charge in [-0.05, 0) is 67.2 Å². The Morgan fingerprint density at radius 3 is 0.732 bits per heavy atom. The molecule has 4 aromatic rings. The maximum Gasteiger partial charge on any atom is 0.161 e. The molecule has 0 bridgehead atoms. The Bertz CT molecular complexity index is 1790. The molecule has 1 fully saturated rings. The van der Waals surface area contributed by atoms with Crippen molar-refractivity contribution in [1.82, 2.24) is 0 Å². The molecule has 56 heavy (non-hydrogen) atoms. The minimum absolute atomic E-state index is 0.292. The summed E-state index contributed by atoms with van der Waals surface area (Å²) in [5.74, 6) is -45.7. The molecule has 1 N–H and O–H groups in total. The third kappa shape index (κ3) is 6.82. The van der Waals surface area contributed by atoms with Gasteiger partial charge in [0.2, 0.25) is 0 Å². The van der Waals surface area contributed by atoms with Crippen molar-refractivity contribution in [2.24, 2.45) is 0 Å². The standard InChI is InChI=1S/C28H12BF16.C10H21N/c1-5-13(30)21(38)9(22(39)14(5)31)29(10-23(40)15(32)6(2)16(33)24(10)41,11-25(42)17(34)7(3)18(35)26(11)43)12-27(44)19(36)8(4)20(37)28(12)45;1-3-11(4-2)10-8-6-5-7-9-10/h1-4H3;10H,3-9H2,1-2H3/q-1;/p+1. The van der Waals surface area contributed by atoms with Crippen LogP contribution >= 0.6 is 0 Å². The lowest BCUT2D eigenvalue weighted by Gasteiger charge is -2.45. The van der Waals surface area contributed by atoms with Crippen LogP contribution in [0.1, 0.15) is 68.2 Å². The van der Waals surface area contributed by atoms with E-state index in [1.807, 2.05) is 4.90 Å². The number of benzene rings is 4. The van der Waals surface area contributed by atoms with Gasteiger partial charge in [0.15, 0.2) is 46.5 Å². The number of hydrogen-bond acceptors (Lipinski definition) is 0. The fourth-order valence-corrected chi connectivity index (χ4v) is 7.76. The first-order valence-electron chi connectivity index (χ1n) is 17.4. The zero-order valence-electron chi connectivity index (χ0n) is 30.7. The Kier molecular flexibility index (Phi) is 13.3. The van der Waals surface area contributed by atoms with Gasteiger partial charge >= 0.3 is 0 Å². The van der Waals surface area contributed by atoms with Crippen LogP contribution in [-0.2, 0) is 0 Å². The second kappa shape index (κ2) is 16.7. The van der Waals surface area contributed by atoms with Crippen molar-refractivity contribution >= 4 is 28.0 Å².